The van der Waals surface area contributed by atoms with E-state index in [1.54, 1.807) is 50.4 Å². The second-order valence-electron chi connectivity index (χ2n) is 26.9. The van der Waals surface area contributed by atoms with Crippen LogP contribution in [0.15, 0.2) is 97.7 Å². The van der Waals surface area contributed by atoms with Crippen molar-refractivity contribution in [2.75, 3.05) is 6.54 Å². The molecule has 3 aromatic heterocycles. The van der Waals surface area contributed by atoms with E-state index in [0.717, 1.165) is 24.8 Å². The van der Waals surface area contributed by atoms with Crippen LogP contribution in [0.4, 0.5) is 0 Å². The lowest BCUT2D eigenvalue weighted by Gasteiger charge is -2.29. The van der Waals surface area contributed by atoms with Gasteiger partial charge in [-0.2, -0.15) is 0 Å². The zero-order chi connectivity index (χ0) is 78.5. The van der Waals surface area contributed by atoms with Crippen molar-refractivity contribution in [3.63, 3.8) is 0 Å². The van der Waals surface area contributed by atoms with Crippen LogP contribution in [0.5, 0.6) is 5.75 Å². The standard InChI is InChI=1S/C71H92N16O20/c1-34(2)24-50(64(99)78-35(3)60(95)84-54(70(105)87-23-11-16-55(87)71(106)107)27-41-31-75-48-15-10-8-13-45(41)48)80-66(101)53(28-42-32-73-33-76-42)81-63(98)49(21-22-56(91)92)79-65(100)52(26-40-30-74-47-14-9-7-12-44(40)47)83-69(104)59(38(6)89)86-67(102)51(25-39-17-19-43(90)20-18-39)82-68(103)58(37(5)88)85-61(96)36(4)77-62(97)46(72)29-57(93)94/h7-10,12-15,17-20,30-38,46,49-55,58-59,74-75,88-90H,11,16,21-29,72H2,1-6H3,(H,73,76)(H,77,97)(H,78,99)(H,79,100)(H,80,101)(H,81,98)(H,82,103)(H,83,104)(H,84,95)(H,85,96)(H,86,102)(H,91,92)(H,93,94)(H,106,107)/t35-,36-,37+,38+,46-,49-,50-,51-,52-,53-,54-,55-,58-,59-/m0/s1. The summed E-state index contributed by atoms with van der Waals surface area (Å²) in [6, 6.07) is 0.282. The molecule has 14 atom stereocenters. The maximum atomic E-state index is 15.0. The van der Waals surface area contributed by atoms with Crippen LogP contribution in [0.3, 0.4) is 0 Å². The van der Waals surface area contributed by atoms with Crippen LogP contribution in [0.1, 0.15) is 102 Å². The number of fused-ring (bicyclic) bond motifs is 2. The van der Waals surface area contributed by atoms with Gasteiger partial charge in [0.05, 0.1) is 31.0 Å². The molecule has 1 saturated heterocycles. The number of aliphatic hydroxyl groups is 2. The number of phenols is 1. The molecule has 4 heterocycles. The molecule has 36 heteroatoms. The molecule has 0 unspecified atom stereocenters. The van der Waals surface area contributed by atoms with Crippen LogP contribution in [0.25, 0.3) is 21.8 Å². The first-order chi connectivity index (χ1) is 50.7. The fraction of sp³-hybridized carbons (Fsp3) is 0.451. The van der Waals surface area contributed by atoms with Crippen molar-refractivity contribution in [2.24, 2.45) is 11.7 Å². The number of hydrogen-bond donors (Lipinski definition) is 20. The number of amides is 11. The van der Waals surface area contributed by atoms with Gasteiger partial charge in [-0.15, -0.1) is 0 Å². The largest absolute Gasteiger partial charge is 0.508 e. The number of benzene rings is 3. The summed E-state index contributed by atoms with van der Waals surface area (Å²) in [6.07, 6.45) is -0.533. The van der Waals surface area contributed by atoms with Crippen LogP contribution in [0, 0.1) is 5.92 Å². The maximum absolute atomic E-state index is 15.0. The average Bonchev–Trinajstić information content (AvgIpc) is 1.53. The normalized spacial score (nSPS) is 16.4. The molecule has 21 N–H and O–H groups in total. The Balaban J connectivity index is 1.11. The first-order valence-electron chi connectivity index (χ1n) is 34.7. The number of hydrogen-bond acceptors (Lipinski definition) is 19. The summed E-state index contributed by atoms with van der Waals surface area (Å²) in [6.45, 7) is 8.33. The van der Waals surface area contributed by atoms with Crippen molar-refractivity contribution in [3.8, 4) is 5.75 Å². The number of imidazole rings is 1. The summed E-state index contributed by atoms with van der Waals surface area (Å²) < 4.78 is 0. The first kappa shape index (κ1) is 82.5. The van der Waals surface area contributed by atoms with Crippen LogP contribution in [0.2, 0.25) is 0 Å². The summed E-state index contributed by atoms with van der Waals surface area (Å²) in [5, 5.41) is 87.2. The molecule has 0 bridgehead atoms. The Kier molecular flexibility index (Phi) is 29.5. The molecule has 36 nitrogen and oxygen atoms in total. The molecule has 0 saturated carbocycles. The number of likely N-dealkylation sites (tertiary alicyclic amines) is 1. The monoisotopic (exact) mass is 1490 g/mol. The topological polar surface area (TPSA) is 570 Å². The number of aromatic nitrogens is 4. The number of H-pyrrole nitrogens is 3. The summed E-state index contributed by atoms with van der Waals surface area (Å²) in [4.78, 5) is 206. The van der Waals surface area contributed by atoms with Gasteiger partial charge in [-0.05, 0) is 100 Å². The number of carbonyl (C=O) groups is 14. The van der Waals surface area contributed by atoms with Crippen LogP contribution in [-0.4, -0.2) is 230 Å². The maximum Gasteiger partial charge on any atom is 0.326 e. The van der Waals surface area contributed by atoms with Crippen LogP contribution >= 0.6 is 0 Å². The second-order valence-corrected chi connectivity index (χ2v) is 26.9. The van der Waals surface area contributed by atoms with E-state index in [1.807, 2.05) is 18.2 Å². The minimum absolute atomic E-state index is 0.0473. The van der Waals surface area contributed by atoms with E-state index in [9.17, 15) is 92.7 Å². The van der Waals surface area contributed by atoms with E-state index in [2.05, 4.69) is 73.1 Å². The van der Waals surface area contributed by atoms with Crippen LogP contribution < -0.4 is 58.9 Å². The molecule has 107 heavy (non-hydrogen) atoms. The number of carboxylic acids is 3. The number of carboxylic acid groups (broad SMARTS) is 3. The Morgan fingerprint density at radius 3 is 1.50 bits per heavy atom. The molecule has 576 valence electrons. The third-order valence-electron chi connectivity index (χ3n) is 17.9. The zero-order valence-electron chi connectivity index (χ0n) is 59.5. The molecule has 1 aliphatic rings. The highest BCUT2D eigenvalue weighted by Crippen LogP contribution is 2.25. The zero-order valence-corrected chi connectivity index (χ0v) is 59.5. The number of aliphatic hydroxyl groups excluding tert-OH is 2. The highest BCUT2D eigenvalue weighted by Gasteiger charge is 2.41. The molecule has 0 spiro atoms. The molecular weight excluding hydrogens is 1400 g/mol. The van der Waals surface area contributed by atoms with E-state index in [-0.39, 0.29) is 49.6 Å². The predicted molar refractivity (Wildman–Crippen MR) is 381 cm³/mol. The number of aliphatic carboxylic acids is 3. The number of nitrogens with two attached hydrogens (primary N) is 1. The Morgan fingerprint density at radius 2 is 0.972 bits per heavy atom. The van der Waals surface area contributed by atoms with Gasteiger partial charge >= 0.3 is 17.9 Å². The quantitative estimate of drug-likeness (QED) is 0.0194. The lowest BCUT2D eigenvalue weighted by molar-refractivity contribution is -0.149. The Morgan fingerprint density at radius 1 is 0.514 bits per heavy atom. The molecule has 1 fully saturated rings. The van der Waals surface area contributed by atoms with E-state index in [0.29, 0.717) is 34.0 Å². The van der Waals surface area contributed by atoms with Gasteiger partial charge < -0.3 is 109 Å². The Labute approximate surface area is 612 Å². The van der Waals surface area contributed by atoms with Gasteiger partial charge in [0.1, 0.15) is 72.2 Å². The first-order valence-corrected chi connectivity index (χ1v) is 34.7. The number of nitrogens with one attached hydrogen (secondary N) is 13. The van der Waals surface area contributed by atoms with Gasteiger partial charge in [-0.1, -0.05) is 62.4 Å². The summed E-state index contributed by atoms with van der Waals surface area (Å²) in [5.41, 5.74) is 8.56. The van der Waals surface area contributed by atoms with Gasteiger partial charge in [0, 0.05) is 84.7 Å². The summed E-state index contributed by atoms with van der Waals surface area (Å²) in [7, 11) is 0. The van der Waals surface area contributed by atoms with Crippen molar-refractivity contribution in [1.29, 1.82) is 0 Å². The molecule has 3 aromatic carbocycles. The van der Waals surface area contributed by atoms with Gasteiger partial charge in [0.15, 0.2) is 0 Å². The third kappa shape index (κ3) is 23.6. The fourth-order valence-electron chi connectivity index (χ4n) is 12.1. The molecule has 7 rings (SSSR count). The number of aromatic hydroxyl groups is 1. The summed E-state index contributed by atoms with van der Waals surface area (Å²) in [5.74, 6) is -15.8. The smallest absolute Gasteiger partial charge is 0.326 e. The van der Waals surface area contributed by atoms with E-state index in [4.69, 9.17) is 10.8 Å². The number of phenolic OH excluding ortho intramolecular Hbond substituents is 1. The molecule has 1 aliphatic heterocycles. The predicted octanol–water partition coefficient (Wildman–Crippen LogP) is -2.21. The number of para-hydroxylation sites is 2. The van der Waals surface area contributed by atoms with E-state index < -0.39 is 200 Å². The van der Waals surface area contributed by atoms with E-state index in [1.165, 1.54) is 61.7 Å². The van der Waals surface area contributed by atoms with Crippen LogP contribution in [-0.2, 0) is 92.8 Å². The minimum Gasteiger partial charge on any atom is -0.508 e. The lowest BCUT2D eigenvalue weighted by Crippen LogP contribution is -2.63. The fourth-order valence-corrected chi connectivity index (χ4v) is 12.1. The average molecular weight is 1490 g/mol. The number of rotatable bonds is 39. The van der Waals surface area contributed by atoms with Crippen molar-refractivity contribution >= 4 is 105 Å². The Bertz CT molecular complexity index is 4180. The minimum atomic E-state index is -1.99. The molecule has 6 aromatic rings. The molecular formula is C71H92N16O20. The SMILES string of the molecule is CC(C)C[C@H](NC(=O)[C@H](Cc1cnc[nH]1)NC(=O)[C@H](CCC(=O)O)NC(=O)[C@H](Cc1c[nH]c2ccccc12)NC(=O)[C@@H](NC(=O)[C@H](Cc1ccc(O)cc1)NC(=O)[C@@H](NC(=O)[C@H](C)NC(=O)[C@@H](N)CC(=O)O)[C@@H](C)O)[C@@H](C)O)C(=O)N[C@@H](C)C(=O)N[C@@H](Cc1c[nH]c2ccccc12)C(=O)N1CCC[C@H]1C(=O)O. The number of nitrogens with zero attached hydrogens (tertiary/aromatic N) is 2. The highest BCUT2D eigenvalue weighted by molar-refractivity contribution is 6.00. The van der Waals surface area contributed by atoms with Gasteiger partial charge in [0.2, 0.25) is 65.0 Å². The number of aromatic amines is 3. The second kappa shape index (κ2) is 38.3. The molecule has 0 aliphatic carbocycles. The van der Waals surface area contributed by atoms with Gasteiger partial charge in [-0.3, -0.25) is 62.3 Å². The Hall–Kier alpha value is -11.8. The third-order valence-corrected chi connectivity index (χ3v) is 17.9. The lowest BCUT2D eigenvalue weighted by atomic mass is 10.0. The van der Waals surface area contributed by atoms with Gasteiger partial charge in [0.25, 0.3) is 0 Å². The van der Waals surface area contributed by atoms with Crippen molar-refractivity contribution in [3.05, 3.63) is 120 Å². The van der Waals surface area contributed by atoms with Gasteiger partial charge in [-0.25, -0.2) is 9.78 Å². The highest BCUT2D eigenvalue weighted by atomic mass is 16.4. The van der Waals surface area contributed by atoms with Crippen molar-refractivity contribution in [2.45, 2.75) is 190 Å². The van der Waals surface area contributed by atoms with Crippen molar-refractivity contribution < 1.29 is 97.8 Å². The van der Waals surface area contributed by atoms with E-state index >= 15 is 0 Å². The molecule has 0 radical (unpaired) electrons. The number of carbonyl (C=O) groups excluding carboxylic acids is 11. The molecule has 11 amide bonds. The summed E-state index contributed by atoms with van der Waals surface area (Å²) >= 11 is 0. The van der Waals surface area contributed by atoms with Crippen molar-refractivity contribution in [1.82, 2.24) is 78.0 Å².